The lowest BCUT2D eigenvalue weighted by Crippen LogP contribution is -2.18. The van der Waals surface area contributed by atoms with E-state index in [-0.39, 0.29) is 0 Å². The van der Waals surface area contributed by atoms with Crippen molar-refractivity contribution in [3.63, 3.8) is 0 Å². The molecule has 0 aliphatic heterocycles. The van der Waals surface area contributed by atoms with E-state index < -0.39 is 0 Å². The fourth-order valence-electron chi connectivity index (χ4n) is 11.5. The normalized spacial score (nSPS) is 12.8. The van der Waals surface area contributed by atoms with Crippen LogP contribution in [-0.2, 0) is 6.42 Å². The van der Waals surface area contributed by atoms with Gasteiger partial charge in [0.1, 0.15) is 17.1 Å². The Labute approximate surface area is 465 Å². The van der Waals surface area contributed by atoms with Crippen LogP contribution in [0.1, 0.15) is 67.9 Å². The van der Waals surface area contributed by atoms with Gasteiger partial charge in [0.25, 0.3) is 0 Å². The van der Waals surface area contributed by atoms with E-state index in [1.165, 1.54) is 38.2 Å². The van der Waals surface area contributed by atoms with Gasteiger partial charge in [0, 0.05) is 44.8 Å². The van der Waals surface area contributed by atoms with Gasteiger partial charge in [0.2, 0.25) is 0 Å². The fourth-order valence-corrected chi connectivity index (χ4v) is 11.5. The first-order valence-corrected chi connectivity index (χ1v) is 27.7. The van der Waals surface area contributed by atoms with Crippen LogP contribution in [0.25, 0.3) is 76.5 Å². The third kappa shape index (κ3) is 9.65. The number of nitrogens with zero attached hydrogens (tertiary/aromatic N) is 2. The van der Waals surface area contributed by atoms with Gasteiger partial charge >= 0.3 is 0 Å². The average molecular weight is 1030 g/mol. The topological polar surface area (TPSA) is 32.8 Å². The van der Waals surface area contributed by atoms with Crippen LogP contribution in [-0.4, -0.2) is 0 Å². The lowest BCUT2D eigenvalue weighted by molar-refractivity contribution is 0.567. The molecule has 4 heteroatoms. The van der Waals surface area contributed by atoms with E-state index in [0.29, 0.717) is 6.42 Å². The van der Waals surface area contributed by atoms with Gasteiger partial charge in [-0.25, -0.2) is 0 Å². The van der Waals surface area contributed by atoms with Gasteiger partial charge in [0.15, 0.2) is 5.58 Å². The van der Waals surface area contributed by atoms with Gasteiger partial charge in [-0.2, -0.15) is 0 Å². The van der Waals surface area contributed by atoms with Gasteiger partial charge in [-0.15, -0.1) is 6.58 Å². The Bertz CT molecular complexity index is 4290. The number of benzene rings is 9. The molecular weight excluding hydrogens is 961 g/mol. The highest BCUT2D eigenvalue weighted by Gasteiger charge is 2.28. The number of rotatable bonds is 8. The van der Waals surface area contributed by atoms with E-state index >= 15 is 0 Å². The average Bonchev–Trinajstić information content (AvgIpc) is 3.83. The zero-order valence-electron chi connectivity index (χ0n) is 46.3. The molecule has 0 fully saturated rings. The highest BCUT2D eigenvalue weighted by molar-refractivity contribution is 6.28. The molecule has 0 radical (unpaired) electrons. The molecule has 388 valence electrons. The molecule has 11 aromatic rings. The summed E-state index contributed by atoms with van der Waals surface area (Å²) < 4.78 is 14.2. The summed E-state index contributed by atoms with van der Waals surface area (Å²) in [6.45, 7) is 17.8. The minimum atomic E-state index is 0.696. The number of anilines is 5. The summed E-state index contributed by atoms with van der Waals surface area (Å²) in [6, 6.07) is 68.4. The monoisotopic (exact) mass is 1030 g/mol. The zero-order valence-corrected chi connectivity index (χ0v) is 46.3. The lowest BCUT2D eigenvalue weighted by atomic mass is 9.91. The second-order valence-electron chi connectivity index (χ2n) is 20.1. The van der Waals surface area contributed by atoms with Crippen LogP contribution in [0.2, 0.25) is 0 Å². The van der Waals surface area contributed by atoms with E-state index in [1.54, 1.807) is 6.08 Å². The number of hydrogen-bond donors (Lipinski definition) is 0. The van der Waals surface area contributed by atoms with Gasteiger partial charge in [-0.3, -0.25) is 0 Å². The summed E-state index contributed by atoms with van der Waals surface area (Å²) in [5, 5.41) is 9.30. The van der Waals surface area contributed by atoms with Crippen LogP contribution in [0.4, 0.5) is 28.4 Å². The molecule has 0 saturated carbocycles. The molecule has 0 N–H and O–H groups in total. The molecule has 0 atom stereocenters. The van der Waals surface area contributed by atoms with E-state index in [4.69, 9.17) is 8.83 Å². The lowest BCUT2D eigenvalue weighted by Gasteiger charge is -2.31. The smallest absolute Gasteiger partial charge is 0.159 e. The van der Waals surface area contributed by atoms with Crippen molar-refractivity contribution in [1.82, 2.24) is 0 Å². The number of fused-ring (bicyclic) bond motifs is 4. The number of furan rings is 1. The highest BCUT2D eigenvalue weighted by Crippen LogP contribution is 2.51. The van der Waals surface area contributed by atoms with E-state index in [0.717, 1.165) is 113 Å². The number of allylic oxidation sites excluding steroid dienone is 10. The van der Waals surface area contributed by atoms with Gasteiger partial charge < -0.3 is 18.6 Å². The number of aryl methyl sites for hydroxylation is 3. The summed E-state index contributed by atoms with van der Waals surface area (Å²) >= 11 is 0. The van der Waals surface area contributed by atoms with Crippen molar-refractivity contribution in [2.75, 3.05) is 9.80 Å². The quantitative estimate of drug-likeness (QED) is 0.112. The Hall–Kier alpha value is -9.38. The molecule has 79 heavy (non-hydrogen) atoms. The Morgan fingerprint density at radius 3 is 1.75 bits per heavy atom. The van der Waals surface area contributed by atoms with Crippen molar-refractivity contribution in [2.24, 2.45) is 0 Å². The van der Waals surface area contributed by atoms with Crippen LogP contribution in [0.3, 0.4) is 0 Å². The fraction of sp³-hybridized carbons (Fsp3) is 0.120. The molecule has 0 saturated heterocycles. The number of para-hydroxylation sites is 3. The Balaban J connectivity index is 0.00000128. The summed E-state index contributed by atoms with van der Waals surface area (Å²) in [5.74, 6) is 1.76. The maximum Gasteiger partial charge on any atom is 0.159 e. The maximum absolute atomic E-state index is 7.10. The molecule has 2 aliphatic carbocycles. The van der Waals surface area contributed by atoms with Crippen LogP contribution in [0, 0.1) is 20.8 Å². The molecule has 2 aromatic heterocycles. The Morgan fingerprint density at radius 2 is 1.03 bits per heavy atom. The molecule has 2 aliphatic rings. The van der Waals surface area contributed by atoms with Gasteiger partial charge in [-0.1, -0.05) is 214 Å². The minimum Gasteiger partial charge on any atom is -0.459 e. The molecule has 9 aromatic carbocycles. The molecule has 4 nitrogen and oxygen atoms in total. The summed E-state index contributed by atoms with van der Waals surface area (Å²) in [5.41, 5.74) is 17.3. The van der Waals surface area contributed by atoms with Crippen molar-refractivity contribution < 1.29 is 8.83 Å². The van der Waals surface area contributed by atoms with E-state index in [9.17, 15) is 0 Å². The maximum atomic E-state index is 7.10. The van der Waals surface area contributed by atoms with Crippen LogP contribution in [0.15, 0.2) is 258 Å². The Morgan fingerprint density at radius 1 is 0.456 bits per heavy atom. The summed E-state index contributed by atoms with van der Waals surface area (Å²) in [7, 11) is 0. The zero-order chi connectivity index (χ0) is 54.6. The first-order valence-electron chi connectivity index (χ1n) is 27.7. The van der Waals surface area contributed by atoms with E-state index in [2.05, 4.69) is 275 Å². The molecule has 13 rings (SSSR count). The molecule has 0 spiro atoms. The second kappa shape index (κ2) is 22.7. The first-order chi connectivity index (χ1) is 38.8. The van der Waals surface area contributed by atoms with Crippen LogP contribution >= 0.6 is 0 Å². The largest absolute Gasteiger partial charge is 0.459 e. The predicted molar refractivity (Wildman–Crippen MR) is 340 cm³/mol. The molecule has 2 heterocycles. The van der Waals surface area contributed by atoms with Crippen molar-refractivity contribution >= 4 is 93.8 Å². The van der Waals surface area contributed by atoms with Crippen molar-refractivity contribution in [3.8, 4) is 11.1 Å². The molecule has 0 amide bonds. The third-order valence-corrected chi connectivity index (χ3v) is 15.1. The highest BCUT2D eigenvalue weighted by atomic mass is 16.3. The first kappa shape index (κ1) is 51.7. The molecule has 0 unspecified atom stereocenters. The van der Waals surface area contributed by atoms with Gasteiger partial charge in [0.05, 0.1) is 28.4 Å². The third-order valence-electron chi connectivity index (χ3n) is 15.1. The van der Waals surface area contributed by atoms with Gasteiger partial charge in [-0.05, 0) is 132 Å². The van der Waals surface area contributed by atoms with Crippen molar-refractivity contribution in [1.29, 1.82) is 0 Å². The van der Waals surface area contributed by atoms with Crippen molar-refractivity contribution in [2.45, 2.75) is 61.3 Å². The van der Waals surface area contributed by atoms with Crippen LogP contribution in [0.5, 0.6) is 0 Å². The summed E-state index contributed by atoms with van der Waals surface area (Å²) in [6.07, 6.45) is 18.6. The van der Waals surface area contributed by atoms with Crippen LogP contribution < -0.4 is 9.80 Å². The predicted octanol–water partition coefficient (Wildman–Crippen LogP) is 22.1. The minimum absolute atomic E-state index is 0.696. The molecular formula is C75H66N2O2. The SMILES string of the molecule is C=CC.CC.CC1=CC=CCc2c1oc1c(N(c3ccccc3-c3ccccc3)c3ccc4ccc5c(N(C6=CC=CC=C(c7ccccc7)C6)c6cccc(C)c7cccc(C)c7oc6C)ccc6ccc3c4c65)cccc21. The number of hydrogen-bond acceptors (Lipinski definition) is 4. The Kier molecular flexibility index (Phi) is 14.8. The van der Waals surface area contributed by atoms with E-state index in [1.807, 2.05) is 20.8 Å². The summed E-state index contributed by atoms with van der Waals surface area (Å²) in [4.78, 5) is 4.90. The van der Waals surface area contributed by atoms with Crippen molar-refractivity contribution in [3.05, 3.63) is 283 Å². The second-order valence-corrected chi connectivity index (χ2v) is 20.1. The molecule has 0 bridgehead atoms. The standard InChI is InChI=1S/C70H54N2O2.C3H6.C2H6/c1-45-21-18-34-61(48(4)73-68-47(3)22-17-31-55(45)68)71(54-28-13-12-27-53(44-54)49-23-7-5-8-24-49)63-42-38-51-37-41-60-64(43-39-52-36-40-59(63)66(51)67(52)60)72(62-33-16-15-29-56(62)50-25-9-6-10-26-50)65-35-19-32-58-57-30-14-11-20-46(2)69(57)74-70(58)65;1-3-2;1-2/h5-29,31-43H,30,44H2,1-4H3;3H,1H2,2H3;1-2H3.